The van der Waals surface area contributed by atoms with Gasteiger partial charge in [0.05, 0.1) is 6.07 Å². The molecule has 1 rings (SSSR count). The normalized spacial score (nSPS) is 19.0. The standard InChI is InChI=1S/C15H26N2O/c1-4-15(5-2,11-16)14(18)17-12(3)13-9-7-6-8-10-13/h12-13H,4-10H2,1-3H3,(H,17,18). The Hall–Kier alpha value is -1.04. The third-order valence-electron chi connectivity index (χ3n) is 4.57. The van der Waals surface area contributed by atoms with E-state index in [4.69, 9.17) is 0 Å². The summed E-state index contributed by atoms with van der Waals surface area (Å²) in [6, 6.07) is 2.41. The first-order chi connectivity index (χ1) is 8.59. The van der Waals surface area contributed by atoms with Crippen LogP contribution in [0.3, 0.4) is 0 Å². The molecule has 1 amide bonds. The van der Waals surface area contributed by atoms with Crippen LogP contribution in [0.1, 0.15) is 65.7 Å². The van der Waals surface area contributed by atoms with Gasteiger partial charge in [0, 0.05) is 6.04 Å². The molecule has 0 bridgehead atoms. The molecule has 1 aliphatic carbocycles. The van der Waals surface area contributed by atoms with Crippen molar-refractivity contribution in [1.82, 2.24) is 5.32 Å². The maximum atomic E-state index is 12.3. The van der Waals surface area contributed by atoms with Crippen molar-refractivity contribution < 1.29 is 4.79 Å². The Morgan fingerprint density at radius 1 is 1.33 bits per heavy atom. The Morgan fingerprint density at radius 2 is 1.89 bits per heavy atom. The maximum absolute atomic E-state index is 12.3. The number of nitriles is 1. The number of nitrogens with one attached hydrogen (secondary N) is 1. The Kier molecular flexibility index (Phi) is 5.65. The molecule has 0 aromatic rings. The maximum Gasteiger partial charge on any atom is 0.240 e. The third-order valence-corrected chi connectivity index (χ3v) is 4.57. The first-order valence-electron chi connectivity index (χ1n) is 7.31. The average Bonchev–Trinajstić information content (AvgIpc) is 2.42. The van der Waals surface area contributed by atoms with Crippen molar-refractivity contribution in [2.75, 3.05) is 0 Å². The summed E-state index contributed by atoms with van der Waals surface area (Å²) in [7, 11) is 0. The quantitative estimate of drug-likeness (QED) is 0.813. The molecule has 1 atom stereocenters. The molecule has 0 saturated heterocycles. The highest BCUT2D eigenvalue weighted by atomic mass is 16.2. The minimum atomic E-state index is -0.830. The molecule has 0 heterocycles. The second kappa shape index (κ2) is 6.78. The van der Waals surface area contributed by atoms with Crippen molar-refractivity contribution >= 4 is 5.91 Å². The van der Waals surface area contributed by atoms with Crippen LogP contribution >= 0.6 is 0 Å². The molecule has 1 fully saturated rings. The average molecular weight is 250 g/mol. The Balaban J connectivity index is 2.60. The lowest BCUT2D eigenvalue weighted by Crippen LogP contribution is -2.46. The lowest BCUT2D eigenvalue weighted by Gasteiger charge is -2.31. The minimum absolute atomic E-state index is 0.0759. The lowest BCUT2D eigenvalue weighted by atomic mass is 9.81. The van der Waals surface area contributed by atoms with E-state index in [1.54, 1.807) is 0 Å². The molecule has 1 aliphatic rings. The van der Waals surface area contributed by atoms with Crippen molar-refractivity contribution in [2.24, 2.45) is 11.3 Å². The number of rotatable bonds is 5. The molecular formula is C15H26N2O. The van der Waals surface area contributed by atoms with E-state index in [1.807, 2.05) is 13.8 Å². The van der Waals surface area contributed by atoms with Gasteiger partial charge in [-0.15, -0.1) is 0 Å². The second-order valence-corrected chi connectivity index (χ2v) is 5.56. The smallest absolute Gasteiger partial charge is 0.240 e. The number of carbonyl (C=O) groups excluding carboxylic acids is 1. The van der Waals surface area contributed by atoms with Gasteiger partial charge in [0.2, 0.25) is 5.91 Å². The van der Waals surface area contributed by atoms with Crippen molar-refractivity contribution in [1.29, 1.82) is 5.26 Å². The summed E-state index contributed by atoms with van der Waals surface area (Å²) < 4.78 is 0. The molecule has 18 heavy (non-hydrogen) atoms. The molecule has 0 aromatic heterocycles. The van der Waals surface area contributed by atoms with Gasteiger partial charge in [-0.25, -0.2) is 0 Å². The first-order valence-corrected chi connectivity index (χ1v) is 7.31. The first kappa shape index (κ1) is 15.0. The van der Waals surface area contributed by atoms with Gasteiger partial charge in [-0.05, 0) is 38.5 Å². The number of hydrogen-bond donors (Lipinski definition) is 1. The predicted molar refractivity (Wildman–Crippen MR) is 72.8 cm³/mol. The van der Waals surface area contributed by atoms with Crippen LogP contribution in [0.2, 0.25) is 0 Å². The minimum Gasteiger partial charge on any atom is -0.352 e. The van der Waals surface area contributed by atoms with Crippen LogP contribution < -0.4 is 5.32 Å². The molecule has 1 unspecified atom stereocenters. The summed E-state index contributed by atoms with van der Waals surface area (Å²) in [4.78, 5) is 12.3. The molecule has 102 valence electrons. The zero-order chi connectivity index (χ0) is 13.6. The summed E-state index contributed by atoms with van der Waals surface area (Å²) in [6.45, 7) is 5.91. The van der Waals surface area contributed by atoms with Crippen molar-refractivity contribution in [2.45, 2.75) is 71.8 Å². The van der Waals surface area contributed by atoms with Crippen LogP contribution in [0.15, 0.2) is 0 Å². The zero-order valence-corrected chi connectivity index (χ0v) is 12.0. The Morgan fingerprint density at radius 3 is 2.33 bits per heavy atom. The molecule has 3 heteroatoms. The summed E-state index contributed by atoms with van der Waals surface area (Å²) in [5.41, 5.74) is -0.830. The summed E-state index contributed by atoms with van der Waals surface area (Å²) in [5, 5.41) is 12.3. The summed E-state index contributed by atoms with van der Waals surface area (Å²) in [6.07, 6.45) is 7.46. The van der Waals surface area contributed by atoms with E-state index in [0.29, 0.717) is 18.8 Å². The van der Waals surface area contributed by atoms with Gasteiger partial charge < -0.3 is 5.32 Å². The summed E-state index contributed by atoms with van der Waals surface area (Å²) in [5.74, 6) is 0.515. The van der Waals surface area contributed by atoms with E-state index in [2.05, 4.69) is 18.3 Å². The lowest BCUT2D eigenvalue weighted by molar-refractivity contribution is -0.129. The van der Waals surface area contributed by atoms with Gasteiger partial charge in [-0.3, -0.25) is 4.79 Å². The SMILES string of the molecule is CCC(C#N)(CC)C(=O)NC(C)C1CCCCC1. The van der Waals surface area contributed by atoms with Gasteiger partial charge in [-0.2, -0.15) is 5.26 Å². The van der Waals surface area contributed by atoms with Gasteiger partial charge in [0.25, 0.3) is 0 Å². The molecule has 0 radical (unpaired) electrons. The fourth-order valence-electron chi connectivity index (χ4n) is 2.88. The highest BCUT2D eigenvalue weighted by molar-refractivity contribution is 5.85. The van der Waals surface area contributed by atoms with Crippen LogP contribution in [0.4, 0.5) is 0 Å². The van der Waals surface area contributed by atoms with E-state index < -0.39 is 5.41 Å². The predicted octanol–water partition coefficient (Wildman–Crippen LogP) is 3.40. The highest BCUT2D eigenvalue weighted by Crippen LogP contribution is 2.29. The molecule has 1 saturated carbocycles. The van der Waals surface area contributed by atoms with E-state index >= 15 is 0 Å². The fourth-order valence-corrected chi connectivity index (χ4v) is 2.88. The van der Waals surface area contributed by atoms with E-state index in [0.717, 1.165) is 0 Å². The van der Waals surface area contributed by atoms with E-state index in [1.165, 1.54) is 32.1 Å². The number of amides is 1. The number of hydrogen-bond acceptors (Lipinski definition) is 2. The topological polar surface area (TPSA) is 52.9 Å². The van der Waals surface area contributed by atoms with Crippen LogP contribution in [0.5, 0.6) is 0 Å². The molecular weight excluding hydrogens is 224 g/mol. The van der Waals surface area contributed by atoms with Gasteiger partial charge >= 0.3 is 0 Å². The van der Waals surface area contributed by atoms with Gasteiger partial charge in [0.1, 0.15) is 5.41 Å². The molecule has 0 aliphatic heterocycles. The Labute approximate surface area is 111 Å². The third kappa shape index (κ3) is 3.25. The van der Waals surface area contributed by atoms with Crippen LogP contribution in [0.25, 0.3) is 0 Å². The van der Waals surface area contributed by atoms with E-state index in [9.17, 15) is 10.1 Å². The molecule has 1 N–H and O–H groups in total. The fraction of sp³-hybridized carbons (Fsp3) is 0.867. The van der Waals surface area contributed by atoms with Crippen molar-refractivity contribution in [3.63, 3.8) is 0 Å². The van der Waals surface area contributed by atoms with Crippen LogP contribution in [0, 0.1) is 22.7 Å². The van der Waals surface area contributed by atoms with Gasteiger partial charge in [0.15, 0.2) is 0 Å². The molecule has 3 nitrogen and oxygen atoms in total. The number of carbonyl (C=O) groups is 1. The molecule has 0 aromatic carbocycles. The highest BCUT2D eigenvalue weighted by Gasteiger charge is 2.36. The number of nitrogens with zero attached hydrogens (tertiary/aromatic N) is 1. The zero-order valence-electron chi connectivity index (χ0n) is 12.0. The largest absolute Gasteiger partial charge is 0.352 e. The second-order valence-electron chi connectivity index (χ2n) is 5.56. The van der Waals surface area contributed by atoms with Crippen molar-refractivity contribution in [3.05, 3.63) is 0 Å². The van der Waals surface area contributed by atoms with Crippen molar-refractivity contribution in [3.8, 4) is 6.07 Å². The summed E-state index contributed by atoms with van der Waals surface area (Å²) >= 11 is 0. The van der Waals surface area contributed by atoms with Crippen LogP contribution in [-0.4, -0.2) is 11.9 Å². The Bertz CT molecular complexity index is 309. The van der Waals surface area contributed by atoms with Crippen LogP contribution in [-0.2, 0) is 4.79 Å². The monoisotopic (exact) mass is 250 g/mol. The van der Waals surface area contributed by atoms with Gasteiger partial charge in [-0.1, -0.05) is 33.1 Å². The molecule has 0 spiro atoms. The van der Waals surface area contributed by atoms with E-state index in [-0.39, 0.29) is 11.9 Å².